The summed E-state index contributed by atoms with van der Waals surface area (Å²) in [6, 6.07) is 0. The fourth-order valence-electron chi connectivity index (χ4n) is 3.73. The number of rotatable bonds is 6. The number of aryl methyl sites for hydroxylation is 2. The molecule has 1 fully saturated rings. The Balaban J connectivity index is 1.82. The van der Waals surface area contributed by atoms with Crippen LogP contribution in [0.25, 0.3) is 0 Å². The van der Waals surface area contributed by atoms with Gasteiger partial charge in [0.2, 0.25) is 0 Å². The maximum Gasteiger partial charge on any atom is 0.146 e. The van der Waals surface area contributed by atoms with E-state index in [-0.39, 0.29) is 0 Å². The van der Waals surface area contributed by atoms with Gasteiger partial charge >= 0.3 is 0 Å². The van der Waals surface area contributed by atoms with Crippen molar-refractivity contribution in [1.82, 2.24) is 29.6 Å². The van der Waals surface area contributed by atoms with Gasteiger partial charge in [0.05, 0.1) is 6.54 Å². The molecule has 2 aromatic rings. The van der Waals surface area contributed by atoms with Crippen molar-refractivity contribution in [2.75, 3.05) is 32.1 Å². The summed E-state index contributed by atoms with van der Waals surface area (Å²) < 4.78 is 2.17. The van der Waals surface area contributed by atoms with Gasteiger partial charge < -0.3 is 14.4 Å². The first kappa shape index (κ1) is 18.8. The van der Waals surface area contributed by atoms with Crippen LogP contribution in [0.4, 0.5) is 5.82 Å². The minimum atomic E-state index is 0.391. The van der Waals surface area contributed by atoms with E-state index in [1.165, 1.54) is 5.56 Å². The van der Waals surface area contributed by atoms with E-state index in [9.17, 15) is 0 Å². The SMILES string of the molecule is CCCc1cnc(C)nc1N1CCC[C@H](c2nnc(CN(C)C)n2C)C1. The average molecular weight is 358 g/mol. The van der Waals surface area contributed by atoms with Crippen LogP contribution in [0.2, 0.25) is 0 Å². The highest BCUT2D eigenvalue weighted by Gasteiger charge is 2.28. The van der Waals surface area contributed by atoms with Crippen LogP contribution in [0.5, 0.6) is 0 Å². The quantitative estimate of drug-likeness (QED) is 0.791. The number of aromatic nitrogens is 5. The van der Waals surface area contributed by atoms with E-state index in [2.05, 4.69) is 57.6 Å². The van der Waals surface area contributed by atoms with E-state index in [1.54, 1.807) is 0 Å². The minimum absolute atomic E-state index is 0.391. The summed E-state index contributed by atoms with van der Waals surface area (Å²) in [6.07, 6.45) is 6.43. The molecule has 26 heavy (non-hydrogen) atoms. The smallest absolute Gasteiger partial charge is 0.146 e. The third kappa shape index (κ3) is 4.03. The molecule has 3 rings (SSSR count). The first-order valence-corrected chi connectivity index (χ1v) is 9.60. The van der Waals surface area contributed by atoms with Gasteiger partial charge in [-0.3, -0.25) is 0 Å². The number of anilines is 1. The number of nitrogens with zero attached hydrogens (tertiary/aromatic N) is 7. The van der Waals surface area contributed by atoms with Crippen LogP contribution in [0, 0.1) is 6.92 Å². The van der Waals surface area contributed by atoms with Gasteiger partial charge in [0, 0.05) is 37.8 Å². The van der Waals surface area contributed by atoms with Crippen molar-refractivity contribution in [3.8, 4) is 0 Å². The lowest BCUT2D eigenvalue weighted by atomic mass is 9.96. The van der Waals surface area contributed by atoms with Crippen LogP contribution >= 0.6 is 0 Å². The van der Waals surface area contributed by atoms with E-state index in [1.807, 2.05) is 13.1 Å². The molecule has 2 aromatic heterocycles. The summed E-state index contributed by atoms with van der Waals surface area (Å²) in [5.41, 5.74) is 1.25. The molecule has 0 radical (unpaired) electrons. The zero-order valence-corrected chi connectivity index (χ0v) is 16.7. The fraction of sp³-hybridized carbons (Fsp3) is 0.684. The Kier molecular flexibility index (Phi) is 5.86. The van der Waals surface area contributed by atoms with Crippen molar-refractivity contribution in [1.29, 1.82) is 0 Å². The lowest BCUT2D eigenvalue weighted by Gasteiger charge is -2.34. The summed E-state index contributed by atoms with van der Waals surface area (Å²) in [4.78, 5) is 13.7. The van der Waals surface area contributed by atoms with Crippen LogP contribution < -0.4 is 4.90 Å². The molecule has 0 aromatic carbocycles. The van der Waals surface area contributed by atoms with Crippen LogP contribution in [0.3, 0.4) is 0 Å². The van der Waals surface area contributed by atoms with Gasteiger partial charge in [0.25, 0.3) is 0 Å². The molecule has 7 nitrogen and oxygen atoms in total. The van der Waals surface area contributed by atoms with E-state index in [0.717, 1.165) is 68.6 Å². The highest BCUT2D eigenvalue weighted by molar-refractivity contribution is 5.47. The van der Waals surface area contributed by atoms with Crippen molar-refractivity contribution in [2.45, 2.75) is 52.0 Å². The Bertz CT molecular complexity index is 737. The molecule has 142 valence electrons. The lowest BCUT2D eigenvalue weighted by Crippen LogP contribution is -2.36. The second-order valence-electron chi connectivity index (χ2n) is 7.57. The van der Waals surface area contributed by atoms with Crippen molar-refractivity contribution in [2.24, 2.45) is 7.05 Å². The van der Waals surface area contributed by atoms with E-state index in [4.69, 9.17) is 4.98 Å². The topological polar surface area (TPSA) is 63.0 Å². The third-order valence-electron chi connectivity index (χ3n) is 5.02. The van der Waals surface area contributed by atoms with Gasteiger partial charge in [-0.2, -0.15) is 0 Å². The molecule has 0 spiro atoms. The van der Waals surface area contributed by atoms with Crippen molar-refractivity contribution >= 4 is 5.82 Å². The molecular formula is C19H31N7. The van der Waals surface area contributed by atoms with E-state index >= 15 is 0 Å². The summed E-state index contributed by atoms with van der Waals surface area (Å²) >= 11 is 0. The molecule has 1 atom stereocenters. The minimum Gasteiger partial charge on any atom is -0.356 e. The fourth-order valence-corrected chi connectivity index (χ4v) is 3.73. The first-order valence-electron chi connectivity index (χ1n) is 9.60. The molecule has 0 N–H and O–H groups in total. The summed E-state index contributed by atoms with van der Waals surface area (Å²) in [7, 11) is 6.21. The first-order chi connectivity index (χ1) is 12.5. The van der Waals surface area contributed by atoms with Gasteiger partial charge in [-0.05, 0) is 40.3 Å². The largest absolute Gasteiger partial charge is 0.356 e. The molecule has 1 saturated heterocycles. The summed E-state index contributed by atoms with van der Waals surface area (Å²) in [5.74, 6) is 4.46. The molecule has 1 aliphatic heterocycles. The average Bonchev–Trinajstić information content (AvgIpc) is 2.97. The Morgan fingerprint density at radius 2 is 2.08 bits per heavy atom. The normalized spacial score (nSPS) is 17.9. The molecular weight excluding hydrogens is 326 g/mol. The van der Waals surface area contributed by atoms with Gasteiger partial charge in [-0.1, -0.05) is 13.3 Å². The Labute approximate surface area is 156 Å². The maximum absolute atomic E-state index is 4.78. The zero-order chi connectivity index (χ0) is 18.7. The van der Waals surface area contributed by atoms with Crippen LogP contribution in [0.15, 0.2) is 6.20 Å². The monoisotopic (exact) mass is 357 g/mol. The third-order valence-corrected chi connectivity index (χ3v) is 5.02. The summed E-state index contributed by atoms with van der Waals surface area (Å²) in [5, 5.41) is 8.94. The number of piperidine rings is 1. The van der Waals surface area contributed by atoms with Gasteiger partial charge in [0.1, 0.15) is 23.3 Å². The lowest BCUT2D eigenvalue weighted by molar-refractivity contribution is 0.382. The molecule has 3 heterocycles. The van der Waals surface area contributed by atoms with Gasteiger partial charge in [-0.25, -0.2) is 9.97 Å². The highest BCUT2D eigenvalue weighted by Crippen LogP contribution is 2.30. The predicted molar refractivity (Wildman–Crippen MR) is 103 cm³/mol. The summed E-state index contributed by atoms with van der Waals surface area (Å²) in [6.45, 7) is 6.98. The highest BCUT2D eigenvalue weighted by atomic mass is 15.3. The van der Waals surface area contributed by atoms with Gasteiger partial charge in [0.15, 0.2) is 0 Å². The molecule has 0 aliphatic carbocycles. The van der Waals surface area contributed by atoms with E-state index in [0.29, 0.717) is 5.92 Å². The van der Waals surface area contributed by atoms with Crippen molar-refractivity contribution in [3.63, 3.8) is 0 Å². The maximum atomic E-state index is 4.78. The predicted octanol–water partition coefficient (Wildman–Crippen LogP) is 2.31. The molecule has 0 saturated carbocycles. The number of hydrogen-bond donors (Lipinski definition) is 0. The zero-order valence-electron chi connectivity index (χ0n) is 16.7. The van der Waals surface area contributed by atoms with Crippen LogP contribution in [-0.4, -0.2) is 56.8 Å². The van der Waals surface area contributed by atoms with Crippen LogP contribution in [-0.2, 0) is 20.0 Å². The molecule has 1 aliphatic rings. The standard InChI is InChI=1S/C19H31N7/c1-6-8-15-11-20-14(2)21-18(15)26-10-7-9-16(12-26)19-23-22-17(25(19)5)13-24(3)4/h11,16H,6-10,12-13H2,1-5H3/t16-/m0/s1. The second-order valence-corrected chi connectivity index (χ2v) is 7.57. The van der Waals surface area contributed by atoms with Crippen LogP contribution in [0.1, 0.15) is 55.1 Å². The van der Waals surface area contributed by atoms with Crippen molar-refractivity contribution in [3.05, 3.63) is 29.2 Å². The van der Waals surface area contributed by atoms with Crippen molar-refractivity contribution < 1.29 is 0 Å². The Morgan fingerprint density at radius 1 is 1.27 bits per heavy atom. The molecule has 0 unspecified atom stereocenters. The Hall–Kier alpha value is -2.02. The van der Waals surface area contributed by atoms with E-state index < -0.39 is 0 Å². The Morgan fingerprint density at radius 3 is 2.81 bits per heavy atom. The van der Waals surface area contributed by atoms with Gasteiger partial charge in [-0.15, -0.1) is 10.2 Å². The number of hydrogen-bond acceptors (Lipinski definition) is 6. The molecule has 0 amide bonds. The molecule has 0 bridgehead atoms. The molecule has 7 heteroatoms. The second kappa shape index (κ2) is 8.12.